The Kier molecular flexibility index (Phi) is 4.59. The molecule has 150 valence electrons. The molecule has 3 heterocycles. The van der Waals surface area contributed by atoms with Crippen LogP contribution in [0.2, 0.25) is 0 Å². The largest absolute Gasteiger partial charge is 0.506 e. The molecule has 9 nitrogen and oxygen atoms in total. The average molecular weight is 397 g/mol. The lowest BCUT2D eigenvalue weighted by Gasteiger charge is -2.17. The number of nitrogens with one attached hydrogen (secondary N) is 1. The van der Waals surface area contributed by atoms with E-state index in [-0.39, 0.29) is 24.5 Å². The summed E-state index contributed by atoms with van der Waals surface area (Å²) in [4.78, 5) is 31.2. The summed E-state index contributed by atoms with van der Waals surface area (Å²) in [5.74, 6) is 0.0425. The Morgan fingerprint density at radius 1 is 1.24 bits per heavy atom. The van der Waals surface area contributed by atoms with Crippen molar-refractivity contribution in [1.82, 2.24) is 14.5 Å². The zero-order valence-electron chi connectivity index (χ0n) is 15.8. The Balaban J connectivity index is 1.81. The van der Waals surface area contributed by atoms with E-state index in [1.807, 2.05) is 0 Å². The van der Waals surface area contributed by atoms with Crippen LogP contribution in [0.5, 0.6) is 17.4 Å². The first-order valence-electron chi connectivity index (χ1n) is 8.88. The van der Waals surface area contributed by atoms with Crippen molar-refractivity contribution in [2.75, 3.05) is 7.11 Å². The van der Waals surface area contributed by atoms with Crippen molar-refractivity contribution in [3.05, 3.63) is 79.2 Å². The average Bonchev–Trinajstić information content (AvgIpc) is 3.13. The van der Waals surface area contributed by atoms with Gasteiger partial charge in [0, 0.05) is 17.3 Å². The second kappa shape index (κ2) is 7.10. The number of fused-ring (bicyclic) bond motifs is 1. The molecule has 9 heteroatoms. The minimum absolute atomic E-state index is 0.0272. The summed E-state index contributed by atoms with van der Waals surface area (Å²) >= 11 is 0. The highest BCUT2D eigenvalue weighted by Gasteiger charge is 2.34. The third kappa shape index (κ3) is 3.15. The molecule has 1 aliphatic rings. The van der Waals surface area contributed by atoms with Crippen LogP contribution in [0.25, 0.3) is 0 Å². The summed E-state index contributed by atoms with van der Waals surface area (Å²) in [6.07, 6.45) is 0.543. The maximum Gasteiger partial charge on any atom is 0.331 e. The van der Waals surface area contributed by atoms with Crippen LogP contribution in [0.4, 0.5) is 0 Å². The first-order valence-corrected chi connectivity index (χ1v) is 8.88. The molecule has 0 bridgehead atoms. The molecule has 0 fully saturated rings. The van der Waals surface area contributed by atoms with E-state index in [0.29, 0.717) is 22.6 Å². The van der Waals surface area contributed by atoms with E-state index in [0.717, 1.165) is 10.1 Å². The number of aromatic hydroxyl groups is 2. The van der Waals surface area contributed by atoms with Crippen LogP contribution >= 0.6 is 0 Å². The number of hydrogen-bond donors (Lipinski definition) is 3. The van der Waals surface area contributed by atoms with Crippen LogP contribution in [0.1, 0.15) is 34.1 Å². The summed E-state index contributed by atoms with van der Waals surface area (Å²) < 4.78 is 11.8. The number of nitrogens with zero attached hydrogens (tertiary/aromatic N) is 2. The van der Waals surface area contributed by atoms with Crippen LogP contribution < -0.4 is 16.0 Å². The maximum atomic E-state index is 12.5. The Bertz CT molecular complexity index is 1200. The third-order valence-electron chi connectivity index (χ3n) is 4.99. The molecule has 1 aromatic carbocycles. The number of ether oxygens (including phenoxy) is 2. The van der Waals surface area contributed by atoms with Crippen molar-refractivity contribution in [1.29, 1.82) is 0 Å². The molecule has 0 aliphatic carbocycles. The van der Waals surface area contributed by atoms with Gasteiger partial charge in [-0.3, -0.25) is 19.3 Å². The monoisotopic (exact) mass is 397 g/mol. The molecule has 0 radical (unpaired) electrons. The van der Waals surface area contributed by atoms with Crippen LogP contribution in [0.15, 0.2) is 40.1 Å². The van der Waals surface area contributed by atoms with Gasteiger partial charge in [-0.2, -0.15) is 0 Å². The van der Waals surface area contributed by atoms with Gasteiger partial charge in [-0.05, 0) is 24.6 Å². The van der Waals surface area contributed by atoms with Gasteiger partial charge in [0.05, 0.1) is 26.0 Å². The highest BCUT2D eigenvalue weighted by atomic mass is 16.5. The fraction of sp³-hybridized carbons (Fsp3) is 0.250. The Labute approximate surface area is 164 Å². The first kappa shape index (κ1) is 18.8. The highest BCUT2D eigenvalue weighted by molar-refractivity contribution is 5.49. The van der Waals surface area contributed by atoms with Crippen LogP contribution in [-0.2, 0) is 17.9 Å². The summed E-state index contributed by atoms with van der Waals surface area (Å²) in [6, 6.07) is 6.96. The fourth-order valence-corrected chi connectivity index (χ4v) is 3.42. The van der Waals surface area contributed by atoms with Gasteiger partial charge in [0.2, 0.25) is 5.88 Å². The van der Waals surface area contributed by atoms with Gasteiger partial charge in [0.25, 0.3) is 5.56 Å². The minimum atomic E-state index is -1.02. The number of H-pyrrole nitrogens is 1. The van der Waals surface area contributed by atoms with Crippen molar-refractivity contribution >= 4 is 0 Å². The first-order chi connectivity index (χ1) is 13.9. The van der Waals surface area contributed by atoms with Crippen molar-refractivity contribution in [2.24, 2.45) is 0 Å². The van der Waals surface area contributed by atoms with Gasteiger partial charge >= 0.3 is 5.69 Å². The van der Waals surface area contributed by atoms with Gasteiger partial charge in [-0.25, -0.2) is 4.79 Å². The van der Waals surface area contributed by atoms with E-state index < -0.39 is 23.2 Å². The Morgan fingerprint density at radius 3 is 2.66 bits per heavy atom. The van der Waals surface area contributed by atoms with Gasteiger partial charge < -0.3 is 19.7 Å². The van der Waals surface area contributed by atoms with Gasteiger partial charge in [-0.1, -0.05) is 12.1 Å². The third-order valence-corrected chi connectivity index (χ3v) is 4.99. The predicted octanol–water partition coefficient (Wildman–Crippen LogP) is 1.33. The molecule has 29 heavy (non-hydrogen) atoms. The highest BCUT2D eigenvalue weighted by Crippen LogP contribution is 2.42. The molecule has 0 unspecified atom stereocenters. The van der Waals surface area contributed by atoms with E-state index in [1.54, 1.807) is 44.5 Å². The van der Waals surface area contributed by atoms with Crippen LogP contribution in [0.3, 0.4) is 0 Å². The summed E-state index contributed by atoms with van der Waals surface area (Å²) in [5.41, 5.74) is 0.416. The molecular weight excluding hydrogens is 378 g/mol. The van der Waals surface area contributed by atoms with Gasteiger partial charge in [-0.15, -0.1) is 0 Å². The number of methoxy groups -OCH3 is 1. The molecule has 1 atom stereocenters. The van der Waals surface area contributed by atoms with E-state index in [9.17, 15) is 19.8 Å². The number of rotatable bonds is 4. The van der Waals surface area contributed by atoms with E-state index >= 15 is 0 Å². The second-order valence-corrected chi connectivity index (χ2v) is 6.75. The zero-order chi connectivity index (χ0) is 20.7. The minimum Gasteiger partial charge on any atom is -0.506 e. The van der Waals surface area contributed by atoms with Crippen LogP contribution in [-0.4, -0.2) is 31.9 Å². The molecule has 0 saturated heterocycles. The summed E-state index contributed by atoms with van der Waals surface area (Å²) in [7, 11) is 1.55. The van der Waals surface area contributed by atoms with E-state index in [1.165, 1.54) is 0 Å². The number of hydrogen-bond acceptors (Lipinski definition) is 7. The van der Waals surface area contributed by atoms with Gasteiger partial charge in [0.15, 0.2) is 0 Å². The molecule has 0 spiro atoms. The Morgan fingerprint density at radius 2 is 1.97 bits per heavy atom. The van der Waals surface area contributed by atoms with E-state index in [2.05, 4.69) is 9.97 Å². The molecule has 0 amide bonds. The number of benzene rings is 1. The van der Waals surface area contributed by atoms with Crippen molar-refractivity contribution in [3.63, 3.8) is 0 Å². The normalized spacial score (nSPS) is 15.3. The van der Waals surface area contributed by atoms with E-state index in [4.69, 9.17) is 9.47 Å². The molecule has 1 aliphatic heterocycles. The molecular formula is C20H19N3O6. The zero-order valence-corrected chi connectivity index (χ0v) is 15.8. The van der Waals surface area contributed by atoms with Crippen molar-refractivity contribution in [3.8, 4) is 17.4 Å². The standard InChI is InChI=1S/C20H19N3O6/c1-10-16(24)14-12(7-21-10)9-29-17(14)15-18(25)22-20(27)23(19(15)26)8-11-3-5-13(28-2)6-4-11/h3-7,17,24,26H,8-9H2,1-2H3,(H,22,25,27)/t17-/m1/s1. The summed E-state index contributed by atoms with van der Waals surface area (Å²) in [6.45, 7) is 1.77. The smallest absolute Gasteiger partial charge is 0.331 e. The second-order valence-electron chi connectivity index (χ2n) is 6.75. The quantitative estimate of drug-likeness (QED) is 0.606. The maximum absolute atomic E-state index is 12.5. The Hall–Kier alpha value is -3.59. The fourth-order valence-electron chi connectivity index (χ4n) is 3.42. The molecule has 0 saturated carbocycles. The lowest BCUT2D eigenvalue weighted by atomic mass is 10.00. The van der Waals surface area contributed by atoms with Crippen molar-refractivity contribution in [2.45, 2.75) is 26.2 Å². The molecule has 2 aromatic heterocycles. The predicted molar refractivity (Wildman–Crippen MR) is 102 cm³/mol. The van der Waals surface area contributed by atoms with Crippen molar-refractivity contribution < 1.29 is 19.7 Å². The number of aryl methyl sites for hydroxylation is 1. The molecule has 3 aromatic rings. The lowest BCUT2D eigenvalue weighted by molar-refractivity contribution is 0.0888. The van der Waals surface area contributed by atoms with Gasteiger partial charge in [0.1, 0.15) is 23.2 Å². The molecule has 4 rings (SSSR count). The SMILES string of the molecule is COc1ccc(Cn2c(O)c([C@@H]3OCc4cnc(C)c(O)c43)c(=O)[nH]c2=O)cc1. The molecule has 3 N–H and O–H groups in total. The van der Waals surface area contributed by atoms with Crippen LogP contribution in [0, 0.1) is 6.92 Å². The number of aromatic nitrogens is 3. The number of aromatic amines is 1. The number of pyridine rings is 1. The lowest BCUT2D eigenvalue weighted by Crippen LogP contribution is -2.33. The topological polar surface area (TPSA) is 127 Å². The summed E-state index contributed by atoms with van der Waals surface area (Å²) in [5, 5.41) is 21.2.